The van der Waals surface area contributed by atoms with Gasteiger partial charge in [-0.1, -0.05) is 0 Å². The molecule has 0 spiro atoms. The first-order valence-corrected chi connectivity index (χ1v) is 3.68. The molecule has 0 atom stereocenters. The predicted molar refractivity (Wildman–Crippen MR) is 37.4 cm³/mol. The summed E-state index contributed by atoms with van der Waals surface area (Å²) < 4.78 is 6.41. The molecule has 0 radical (unpaired) electrons. The minimum atomic E-state index is 0.329. The average Bonchev–Trinajstić information content (AvgIpc) is 1.65. The van der Waals surface area contributed by atoms with Gasteiger partial charge in [-0.05, 0) is 20.3 Å². The Labute approximate surface area is 54.7 Å². The molecule has 48 valence electrons. The van der Waals surface area contributed by atoms with Crippen LogP contribution in [-0.4, -0.2) is 12.1 Å². The Balaban J connectivity index is 2.33. The highest BCUT2D eigenvalue weighted by Gasteiger charge is 2.19. The van der Waals surface area contributed by atoms with Gasteiger partial charge in [-0.25, -0.2) is 4.72 Å². The summed E-state index contributed by atoms with van der Waals surface area (Å²) in [5, 5.41) is 0. The molecule has 1 fully saturated rings. The average molecular weight is 132 g/mol. The van der Waals surface area contributed by atoms with Gasteiger partial charge in [0.15, 0.2) is 0 Å². The highest BCUT2D eigenvalue weighted by atomic mass is 32.2. The Morgan fingerprint density at radius 2 is 2.25 bits per heavy atom. The molecule has 0 saturated carbocycles. The second-order valence-corrected chi connectivity index (χ2v) is 3.43. The van der Waals surface area contributed by atoms with E-state index in [9.17, 15) is 0 Å². The lowest BCUT2D eigenvalue weighted by atomic mass is 10.0. The molecular formula is C5H12N2S. The Bertz CT molecular complexity index is 74.5. The van der Waals surface area contributed by atoms with Gasteiger partial charge in [0.1, 0.15) is 0 Å². The van der Waals surface area contributed by atoms with Crippen molar-refractivity contribution in [2.75, 3.05) is 6.54 Å². The number of rotatable bonds is 0. The van der Waals surface area contributed by atoms with Crippen LogP contribution in [0.1, 0.15) is 20.3 Å². The maximum Gasteiger partial charge on any atom is 0.0251 e. The summed E-state index contributed by atoms with van der Waals surface area (Å²) in [5.74, 6) is 0. The van der Waals surface area contributed by atoms with Crippen LogP contribution >= 0.6 is 12.1 Å². The number of nitrogens with one attached hydrogen (secondary N) is 2. The molecule has 1 saturated heterocycles. The minimum absolute atomic E-state index is 0.329. The van der Waals surface area contributed by atoms with E-state index in [0.717, 1.165) is 6.54 Å². The molecule has 1 aliphatic rings. The maximum absolute atomic E-state index is 3.26. The van der Waals surface area contributed by atoms with Crippen LogP contribution in [0.25, 0.3) is 0 Å². The first-order valence-electron chi connectivity index (χ1n) is 2.87. The molecule has 2 nitrogen and oxygen atoms in total. The van der Waals surface area contributed by atoms with Crippen LogP contribution in [0.3, 0.4) is 0 Å². The van der Waals surface area contributed by atoms with Crippen LogP contribution < -0.4 is 9.44 Å². The van der Waals surface area contributed by atoms with E-state index < -0.39 is 0 Å². The lowest BCUT2D eigenvalue weighted by Gasteiger charge is -2.29. The molecule has 1 aliphatic heterocycles. The van der Waals surface area contributed by atoms with E-state index in [-0.39, 0.29) is 0 Å². The van der Waals surface area contributed by atoms with Gasteiger partial charge in [0.25, 0.3) is 0 Å². The Hall–Kier alpha value is 0.270. The van der Waals surface area contributed by atoms with E-state index in [1.807, 2.05) is 0 Å². The van der Waals surface area contributed by atoms with E-state index in [0.29, 0.717) is 5.54 Å². The molecule has 0 aromatic rings. The summed E-state index contributed by atoms with van der Waals surface area (Å²) in [5.41, 5.74) is 0.329. The normalized spacial score (nSPS) is 27.8. The topological polar surface area (TPSA) is 24.1 Å². The van der Waals surface area contributed by atoms with Crippen molar-refractivity contribution in [2.24, 2.45) is 0 Å². The maximum atomic E-state index is 3.26. The minimum Gasteiger partial charge on any atom is -0.251 e. The zero-order chi connectivity index (χ0) is 6.04. The fraction of sp³-hybridized carbons (Fsp3) is 1.00. The van der Waals surface area contributed by atoms with Gasteiger partial charge in [-0.15, -0.1) is 0 Å². The van der Waals surface area contributed by atoms with E-state index in [1.54, 1.807) is 12.1 Å². The van der Waals surface area contributed by atoms with Crippen LogP contribution in [0, 0.1) is 0 Å². The van der Waals surface area contributed by atoms with Gasteiger partial charge in [-0.3, -0.25) is 4.72 Å². The Morgan fingerprint density at radius 1 is 1.50 bits per heavy atom. The van der Waals surface area contributed by atoms with Gasteiger partial charge in [0, 0.05) is 24.2 Å². The van der Waals surface area contributed by atoms with Gasteiger partial charge < -0.3 is 0 Å². The van der Waals surface area contributed by atoms with Crippen LogP contribution in [0.2, 0.25) is 0 Å². The summed E-state index contributed by atoms with van der Waals surface area (Å²) in [6, 6.07) is 0. The van der Waals surface area contributed by atoms with Crippen molar-refractivity contribution in [3.63, 3.8) is 0 Å². The van der Waals surface area contributed by atoms with Crippen LogP contribution in [-0.2, 0) is 0 Å². The molecule has 0 aromatic carbocycles. The lowest BCUT2D eigenvalue weighted by Crippen LogP contribution is -2.43. The first kappa shape index (κ1) is 6.39. The zero-order valence-electron chi connectivity index (χ0n) is 5.32. The third-order valence-corrected chi connectivity index (χ3v) is 2.25. The van der Waals surface area contributed by atoms with Crippen molar-refractivity contribution < 1.29 is 0 Å². The summed E-state index contributed by atoms with van der Waals surface area (Å²) >= 11 is 1.60. The van der Waals surface area contributed by atoms with Crippen LogP contribution in [0.15, 0.2) is 0 Å². The third kappa shape index (κ3) is 1.65. The fourth-order valence-corrected chi connectivity index (χ4v) is 1.29. The van der Waals surface area contributed by atoms with Crippen molar-refractivity contribution in [3.05, 3.63) is 0 Å². The van der Waals surface area contributed by atoms with E-state index in [4.69, 9.17) is 0 Å². The van der Waals surface area contributed by atoms with Gasteiger partial charge in [0.2, 0.25) is 0 Å². The summed E-state index contributed by atoms with van der Waals surface area (Å²) in [4.78, 5) is 0. The number of hydrogen-bond donors (Lipinski definition) is 2. The van der Waals surface area contributed by atoms with E-state index in [2.05, 4.69) is 23.3 Å². The monoisotopic (exact) mass is 132 g/mol. The van der Waals surface area contributed by atoms with Gasteiger partial charge >= 0.3 is 0 Å². The summed E-state index contributed by atoms with van der Waals surface area (Å²) in [6.07, 6.45) is 1.21. The molecule has 1 heterocycles. The molecule has 2 N–H and O–H groups in total. The van der Waals surface area contributed by atoms with Gasteiger partial charge in [0.05, 0.1) is 0 Å². The van der Waals surface area contributed by atoms with Gasteiger partial charge in [-0.2, -0.15) is 0 Å². The predicted octanol–water partition coefficient (Wildman–Crippen LogP) is 0.911. The van der Waals surface area contributed by atoms with E-state index in [1.165, 1.54) is 6.42 Å². The van der Waals surface area contributed by atoms with Crippen LogP contribution in [0.5, 0.6) is 0 Å². The third-order valence-electron chi connectivity index (χ3n) is 1.25. The SMILES string of the molecule is CC1(C)CCNSN1. The zero-order valence-corrected chi connectivity index (χ0v) is 6.14. The first-order chi connectivity index (χ1) is 3.71. The Kier molecular flexibility index (Phi) is 1.80. The largest absolute Gasteiger partial charge is 0.251 e. The highest BCUT2D eigenvalue weighted by molar-refractivity contribution is 7.95. The Morgan fingerprint density at radius 3 is 2.50 bits per heavy atom. The molecule has 1 rings (SSSR count). The fourth-order valence-electron chi connectivity index (χ4n) is 0.640. The molecule has 0 unspecified atom stereocenters. The summed E-state index contributed by atoms with van der Waals surface area (Å²) in [6.45, 7) is 5.53. The van der Waals surface area contributed by atoms with Crippen molar-refractivity contribution in [1.29, 1.82) is 0 Å². The van der Waals surface area contributed by atoms with Crippen LogP contribution in [0.4, 0.5) is 0 Å². The van der Waals surface area contributed by atoms with Crippen molar-refractivity contribution in [1.82, 2.24) is 9.44 Å². The highest BCUT2D eigenvalue weighted by Crippen LogP contribution is 2.14. The summed E-state index contributed by atoms with van der Waals surface area (Å²) in [7, 11) is 0. The lowest BCUT2D eigenvalue weighted by molar-refractivity contribution is 0.427. The molecule has 0 bridgehead atoms. The second-order valence-electron chi connectivity index (χ2n) is 2.73. The molecule has 0 aliphatic carbocycles. The van der Waals surface area contributed by atoms with Crippen molar-refractivity contribution in [2.45, 2.75) is 25.8 Å². The second kappa shape index (κ2) is 2.25. The number of hydrogen-bond acceptors (Lipinski definition) is 3. The standard InChI is InChI=1S/C5H12N2S/c1-5(2)3-4-6-8-7-5/h6-7H,3-4H2,1-2H3. The smallest absolute Gasteiger partial charge is 0.0251 e. The molecular weight excluding hydrogens is 120 g/mol. The quantitative estimate of drug-likeness (QED) is 0.479. The van der Waals surface area contributed by atoms with Crippen molar-refractivity contribution >= 4 is 12.1 Å². The molecule has 8 heavy (non-hydrogen) atoms. The molecule has 0 aromatic heterocycles. The van der Waals surface area contributed by atoms with Crippen molar-refractivity contribution in [3.8, 4) is 0 Å². The molecule has 0 amide bonds. The molecule has 3 heteroatoms. The van der Waals surface area contributed by atoms with E-state index >= 15 is 0 Å².